The Labute approximate surface area is 115 Å². The van der Waals surface area contributed by atoms with Crippen LogP contribution < -0.4 is 10.6 Å². The number of hydrogen-bond donors (Lipinski definition) is 2. The molecule has 0 fully saturated rings. The Morgan fingerprint density at radius 2 is 2.05 bits per heavy atom. The highest BCUT2D eigenvalue weighted by atomic mass is 16.2. The van der Waals surface area contributed by atoms with E-state index < -0.39 is 0 Å². The first-order chi connectivity index (χ1) is 9.15. The van der Waals surface area contributed by atoms with E-state index in [1.54, 1.807) is 0 Å². The molecule has 1 unspecified atom stereocenters. The topological polar surface area (TPSA) is 44.4 Å². The van der Waals surface area contributed by atoms with Gasteiger partial charge in [-0.05, 0) is 26.1 Å². The van der Waals surface area contributed by atoms with Crippen LogP contribution >= 0.6 is 0 Å². The molecular formula is C15H23N3O. The summed E-state index contributed by atoms with van der Waals surface area (Å²) in [5.41, 5.74) is 3.20. The van der Waals surface area contributed by atoms with Gasteiger partial charge in [0.1, 0.15) is 6.04 Å². The van der Waals surface area contributed by atoms with Crippen molar-refractivity contribution in [1.82, 2.24) is 10.2 Å². The van der Waals surface area contributed by atoms with E-state index in [-0.39, 0.29) is 11.9 Å². The number of benzene rings is 1. The van der Waals surface area contributed by atoms with Crippen molar-refractivity contribution in [2.75, 3.05) is 31.5 Å². The third kappa shape index (κ3) is 3.14. The smallest absolute Gasteiger partial charge is 0.246 e. The molecule has 4 heteroatoms. The fourth-order valence-corrected chi connectivity index (χ4v) is 2.49. The molecule has 1 aliphatic rings. The van der Waals surface area contributed by atoms with E-state index in [4.69, 9.17) is 0 Å². The van der Waals surface area contributed by atoms with Crippen LogP contribution in [0.1, 0.15) is 31.0 Å². The number of fused-ring (bicyclic) bond motifs is 1. The predicted molar refractivity (Wildman–Crippen MR) is 78.3 cm³/mol. The van der Waals surface area contributed by atoms with E-state index in [0.717, 1.165) is 37.4 Å². The monoisotopic (exact) mass is 261 g/mol. The fourth-order valence-electron chi connectivity index (χ4n) is 2.49. The van der Waals surface area contributed by atoms with Gasteiger partial charge in [-0.1, -0.05) is 31.5 Å². The summed E-state index contributed by atoms with van der Waals surface area (Å²) in [6, 6.07) is 5.89. The highest BCUT2D eigenvalue weighted by Gasteiger charge is 2.29. The molecule has 104 valence electrons. The highest BCUT2D eigenvalue weighted by Crippen LogP contribution is 2.31. The Morgan fingerprint density at radius 3 is 2.74 bits per heavy atom. The first kappa shape index (κ1) is 14.0. The summed E-state index contributed by atoms with van der Waals surface area (Å²) >= 11 is 0. The van der Waals surface area contributed by atoms with E-state index in [1.807, 2.05) is 12.1 Å². The summed E-state index contributed by atoms with van der Waals surface area (Å²) in [5.74, 6) is 0.0557. The van der Waals surface area contributed by atoms with Gasteiger partial charge in [-0.15, -0.1) is 0 Å². The van der Waals surface area contributed by atoms with Crippen molar-refractivity contribution in [3.8, 4) is 0 Å². The molecule has 4 nitrogen and oxygen atoms in total. The van der Waals surface area contributed by atoms with E-state index in [2.05, 4.69) is 42.4 Å². The molecule has 1 heterocycles. The zero-order valence-corrected chi connectivity index (χ0v) is 12.0. The van der Waals surface area contributed by atoms with Crippen molar-refractivity contribution < 1.29 is 4.79 Å². The number of rotatable bonds is 6. The maximum atomic E-state index is 12.0. The van der Waals surface area contributed by atoms with Crippen molar-refractivity contribution in [3.63, 3.8) is 0 Å². The second-order valence-corrected chi connectivity index (χ2v) is 4.99. The molecule has 1 aliphatic heterocycles. The zero-order chi connectivity index (χ0) is 13.8. The molecule has 0 spiro atoms. The average Bonchev–Trinajstić information content (AvgIpc) is 2.71. The maximum Gasteiger partial charge on any atom is 0.246 e. The lowest BCUT2D eigenvalue weighted by Crippen LogP contribution is -2.35. The third-order valence-electron chi connectivity index (χ3n) is 3.71. The predicted octanol–water partition coefficient (Wildman–Crippen LogP) is 1.92. The van der Waals surface area contributed by atoms with Crippen LogP contribution in [0.15, 0.2) is 18.2 Å². The number of amides is 1. The van der Waals surface area contributed by atoms with Gasteiger partial charge in [-0.2, -0.15) is 0 Å². The lowest BCUT2D eigenvalue weighted by molar-refractivity contribution is -0.117. The highest BCUT2D eigenvalue weighted by molar-refractivity contribution is 6.02. The molecule has 1 aromatic carbocycles. The minimum absolute atomic E-state index is 0.0557. The van der Waals surface area contributed by atoms with E-state index in [1.165, 1.54) is 5.56 Å². The average molecular weight is 261 g/mol. The molecule has 0 saturated carbocycles. The molecule has 0 aromatic heterocycles. The van der Waals surface area contributed by atoms with E-state index in [9.17, 15) is 4.79 Å². The van der Waals surface area contributed by atoms with Crippen LogP contribution in [-0.4, -0.2) is 37.0 Å². The molecule has 1 aromatic rings. The number of likely N-dealkylation sites (N-methyl/N-ethyl adjacent to an activating group) is 1. The van der Waals surface area contributed by atoms with Crippen molar-refractivity contribution in [2.45, 2.75) is 26.8 Å². The van der Waals surface area contributed by atoms with Crippen molar-refractivity contribution >= 4 is 11.6 Å². The van der Waals surface area contributed by atoms with Crippen LogP contribution in [-0.2, 0) is 4.79 Å². The number of aryl methyl sites for hydroxylation is 1. The second kappa shape index (κ2) is 6.17. The summed E-state index contributed by atoms with van der Waals surface area (Å²) in [5, 5.41) is 6.29. The molecule has 1 atom stereocenters. The molecule has 0 bridgehead atoms. The second-order valence-electron chi connectivity index (χ2n) is 4.99. The number of carbonyl (C=O) groups is 1. The van der Waals surface area contributed by atoms with Gasteiger partial charge >= 0.3 is 0 Å². The van der Waals surface area contributed by atoms with Crippen LogP contribution in [0.4, 0.5) is 5.69 Å². The Balaban J connectivity index is 1.98. The summed E-state index contributed by atoms with van der Waals surface area (Å²) in [6.07, 6.45) is 0. The summed E-state index contributed by atoms with van der Waals surface area (Å²) in [6.45, 7) is 10.3. The van der Waals surface area contributed by atoms with Gasteiger partial charge < -0.3 is 15.5 Å². The van der Waals surface area contributed by atoms with Gasteiger partial charge in [0.2, 0.25) is 5.91 Å². The number of nitrogens with one attached hydrogen (secondary N) is 2. The largest absolute Gasteiger partial charge is 0.324 e. The zero-order valence-electron chi connectivity index (χ0n) is 12.0. The van der Waals surface area contributed by atoms with Crippen LogP contribution in [0.5, 0.6) is 0 Å². The lowest BCUT2D eigenvalue weighted by atomic mass is 10.1. The summed E-state index contributed by atoms with van der Waals surface area (Å²) in [4.78, 5) is 14.3. The van der Waals surface area contributed by atoms with Crippen molar-refractivity contribution in [3.05, 3.63) is 29.3 Å². The van der Waals surface area contributed by atoms with E-state index >= 15 is 0 Å². The molecule has 2 N–H and O–H groups in total. The molecular weight excluding hydrogens is 238 g/mol. The van der Waals surface area contributed by atoms with Gasteiger partial charge in [0.15, 0.2) is 0 Å². The molecule has 19 heavy (non-hydrogen) atoms. The summed E-state index contributed by atoms with van der Waals surface area (Å²) < 4.78 is 0. The minimum Gasteiger partial charge on any atom is -0.324 e. The molecule has 2 rings (SSSR count). The SMILES string of the molecule is CCN(CC)CCNC1C(=O)Nc2ccc(C)cc21. The number of nitrogens with zero attached hydrogens (tertiary/aromatic N) is 1. The van der Waals surface area contributed by atoms with Gasteiger partial charge in [0.25, 0.3) is 0 Å². The molecule has 0 aliphatic carbocycles. The molecule has 0 saturated heterocycles. The van der Waals surface area contributed by atoms with E-state index in [0.29, 0.717) is 0 Å². The first-order valence-corrected chi connectivity index (χ1v) is 7.02. The third-order valence-corrected chi connectivity index (χ3v) is 3.71. The van der Waals surface area contributed by atoms with Crippen molar-refractivity contribution in [2.24, 2.45) is 0 Å². The number of anilines is 1. The number of hydrogen-bond acceptors (Lipinski definition) is 3. The van der Waals surface area contributed by atoms with Gasteiger partial charge in [-0.3, -0.25) is 4.79 Å². The fraction of sp³-hybridized carbons (Fsp3) is 0.533. The van der Waals surface area contributed by atoms with Crippen LogP contribution in [0.3, 0.4) is 0 Å². The van der Waals surface area contributed by atoms with Crippen LogP contribution in [0, 0.1) is 6.92 Å². The van der Waals surface area contributed by atoms with Gasteiger partial charge in [0, 0.05) is 24.3 Å². The number of carbonyl (C=O) groups excluding carboxylic acids is 1. The van der Waals surface area contributed by atoms with Gasteiger partial charge in [-0.25, -0.2) is 0 Å². The standard InChI is InChI=1S/C15H23N3O/c1-4-18(5-2)9-8-16-14-12-10-11(3)6-7-13(12)17-15(14)19/h6-7,10,14,16H,4-5,8-9H2,1-3H3,(H,17,19). The Bertz CT molecular complexity index is 455. The lowest BCUT2D eigenvalue weighted by Gasteiger charge is -2.19. The Hall–Kier alpha value is -1.39. The van der Waals surface area contributed by atoms with Gasteiger partial charge in [0.05, 0.1) is 0 Å². The van der Waals surface area contributed by atoms with Crippen LogP contribution in [0.25, 0.3) is 0 Å². The first-order valence-electron chi connectivity index (χ1n) is 7.02. The van der Waals surface area contributed by atoms with Crippen LogP contribution in [0.2, 0.25) is 0 Å². The minimum atomic E-state index is -0.203. The molecule has 0 radical (unpaired) electrons. The molecule has 1 amide bonds. The summed E-state index contributed by atoms with van der Waals surface area (Å²) in [7, 11) is 0. The Kier molecular flexibility index (Phi) is 4.56. The van der Waals surface area contributed by atoms with Crippen molar-refractivity contribution in [1.29, 1.82) is 0 Å². The maximum absolute atomic E-state index is 12.0. The Morgan fingerprint density at radius 1 is 1.32 bits per heavy atom. The quantitative estimate of drug-likeness (QED) is 0.822. The normalized spacial score (nSPS) is 17.7.